The van der Waals surface area contributed by atoms with E-state index in [1.807, 2.05) is 12.2 Å². The summed E-state index contributed by atoms with van der Waals surface area (Å²) in [6.45, 7) is 8.17. The molecule has 2 nitrogen and oxygen atoms in total. The van der Waals surface area contributed by atoms with Gasteiger partial charge in [-0.05, 0) is 140 Å². The van der Waals surface area contributed by atoms with E-state index in [4.69, 9.17) is 0 Å². The molecule has 328 valence electrons. The van der Waals surface area contributed by atoms with Gasteiger partial charge in [0.15, 0.2) is 0 Å². The van der Waals surface area contributed by atoms with Crippen molar-refractivity contribution in [2.45, 2.75) is 18.3 Å². The molecule has 0 radical (unpaired) electrons. The van der Waals surface area contributed by atoms with Crippen LogP contribution in [0.2, 0.25) is 0 Å². The number of hydrogen-bond donors (Lipinski definition) is 0. The van der Waals surface area contributed by atoms with Crippen LogP contribution in [0.15, 0.2) is 256 Å². The Morgan fingerprint density at radius 1 is 0.377 bits per heavy atom. The van der Waals surface area contributed by atoms with Crippen LogP contribution in [0.3, 0.4) is 0 Å². The summed E-state index contributed by atoms with van der Waals surface area (Å²) >= 11 is 0. The summed E-state index contributed by atoms with van der Waals surface area (Å²) in [5, 5.41) is 2.51. The van der Waals surface area contributed by atoms with Crippen LogP contribution in [0.1, 0.15) is 33.4 Å². The van der Waals surface area contributed by atoms with E-state index in [-0.39, 0.29) is 0 Å². The topological polar surface area (TPSA) is 8.17 Å². The van der Waals surface area contributed by atoms with E-state index in [0.29, 0.717) is 0 Å². The Morgan fingerprint density at radius 2 is 0.783 bits per heavy atom. The molecule has 0 bridgehead atoms. The zero-order chi connectivity index (χ0) is 46.3. The van der Waals surface area contributed by atoms with Gasteiger partial charge < -0.3 is 9.47 Å². The molecular formula is C67H50N2. The Kier molecular flexibility index (Phi) is 10.6. The van der Waals surface area contributed by atoms with Gasteiger partial charge >= 0.3 is 0 Å². The molecule has 0 saturated carbocycles. The van der Waals surface area contributed by atoms with Gasteiger partial charge in [-0.3, -0.25) is 0 Å². The molecule has 69 heavy (non-hydrogen) atoms. The van der Waals surface area contributed by atoms with Crippen LogP contribution in [0.4, 0.5) is 17.1 Å². The minimum atomic E-state index is -0.457. The summed E-state index contributed by atoms with van der Waals surface area (Å²) < 4.78 is 2.46. The van der Waals surface area contributed by atoms with Gasteiger partial charge in [-0.15, -0.1) is 0 Å². The molecule has 0 amide bonds. The second kappa shape index (κ2) is 17.5. The lowest BCUT2D eigenvalue weighted by Crippen LogP contribution is -2.31. The van der Waals surface area contributed by atoms with Crippen molar-refractivity contribution in [2.75, 3.05) is 4.90 Å². The molecule has 1 heterocycles. The Balaban J connectivity index is 1.08. The highest BCUT2D eigenvalue weighted by molar-refractivity contribution is 6.09. The van der Waals surface area contributed by atoms with E-state index in [0.717, 1.165) is 46.7 Å². The minimum Gasteiger partial charge on any atom is -0.310 e. The lowest BCUT2D eigenvalue weighted by atomic mass is 9.69. The molecule has 1 aromatic heterocycles. The summed E-state index contributed by atoms with van der Waals surface area (Å²) in [5.41, 5.74) is 21.2. The maximum absolute atomic E-state index is 4.09. The van der Waals surface area contributed by atoms with E-state index < -0.39 is 5.41 Å². The average molecular weight is 883 g/mol. The third-order valence-corrected chi connectivity index (χ3v) is 14.3. The Bertz CT molecular complexity index is 3470. The fraction of sp³-hybridized carbons (Fsp3) is 0.0448. The maximum Gasteiger partial charge on any atom is 0.0541 e. The molecule has 0 unspecified atom stereocenters. The first-order chi connectivity index (χ1) is 34.1. The van der Waals surface area contributed by atoms with Gasteiger partial charge in [-0.1, -0.05) is 207 Å². The molecule has 0 aliphatic heterocycles. The van der Waals surface area contributed by atoms with Crippen molar-refractivity contribution in [2.24, 2.45) is 0 Å². The van der Waals surface area contributed by atoms with Crippen LogP contribution in [-0.2, 0) is 18.3 Å². The lowest BCUT2D eigenvalue weighted by molar-refractivity contribution is 0.520. The first-order valence-corrected chi connectivity index (χ1v) is 23.9. The number of hydrogen-bond acceptors (Lipinski definition) is 1. The van der Waals surface area contributed by atoms with Crippen molar-refractivity contribution < 1.29 is 0 Å². The van der Waals surface area contributed by atoms with Gasteiger partial charge in [0.25, 0.3) is 0 Å². The maximum atomic E-state index is 4.09. The zero-order valence-corrected chi connectivity index (χ0v) is 38.5. The molecule has 11 aromatic rings. The van der Waals surface area contributed by atoms with Gasteiger partial charge in [-0.2, -0.15) is 0 Å². The van der Waals surface area contributed by atoms with Crippen molar-refractivity contribution in [3.8, 4) is 39.1 Å². The smallest absolute Gasteiger partial charge is 0.0541 e. The normalized spacial score (nSPS) is 12.4. The fourth-order valence-electron chi connectivity index (χ4n) is 10.9. The summed E-state index contributed by atoms with van der Waals surface area (Å²) in [5.74, 6) is 0. The predicted molar refractivity (Wildman–Crippen MR) is 293 cm³/mol. The first-order valence-electron chi connectivity index (χ1n) is 23.9. The van der Waals surface area contributed by atoms with Gasteiger partial charge in [0.05, 0.1) is 11.0 Å². The molecule has 10 aromatic carbocycles. The number of nitrogens with zero attached hydrogens (tertiary/aromatic N) is 2. The van der Waals surface area contributed by atoms with Crippen LogP contribution >= 0.6 is 0 Å². The van der Waals surface area contributed by atoms with Gasteiger partial charge in [0.2, 0.25) is 0 Å². The second-order valence-corrected chi connectivity index (χ2v) is 18.3. The number of rotatable bonds is 12. The van der Waals surface area contributed by atoms with Crippen molar-refractivity contribution >= 4 is 51.0 Å². The number of anilines is 3. The Hall–Kier alpha value is -8.72. The zero-order valence-electron chi connectivity index (χ0n) is 38.5. The lowest BCUT2D eigenvalue weighted by Gasteiger charge is -2.34. The van der Waals surface area contributed by atoms with E-state index in [1.165, 1.54) is 77.4 Å². The highest BCUT2D eigenvalue weighted by Gasteiger charge is 2.44. The van der Waals surface area contributed by atoms with E-state index in [1.54, 1.807) is 0 Å². The van der Waals surface area contributed by atoms with Crippen LogP contribution in [0.25, 0.3) is 73.0 Å². The van der Waals surface area contributed by atoms with E-state index in [2.05, 4.69) is 265 Å². The van der Waals surface area contributed by atoms with Gasteiger partial charge in [0.1, 0.15) is 0 Å². The summed E-state index contributed by atoms with van der Waals surface area (Å²) in [6, 6.07) is 89.4. The van der Waals surface area contributed by atoms with Crippen molar-refractivity contribution in [1.29, 1.82) is 0 Å². The molecule has 0 spiro atoms. The van der Waals surface area contributed by atoms with Crippen molar-refractivity contribution in [3.63, 3.8) is 0 Å². The van der Waals surface area contributed by atoms with Crippen molar-refractivity contribution in [1.82, 2.24) is 4.57 Å². The number of aromatic nitrogens is 1. The highest BCUT2D eigenvalue weighted by Crippen LogP contribution is 2.55. The van der Waals surface area contributed by atoms with E-state index >= 15 is 0 Å². The second-order valence-electron chi connectivity index (χ2n) is 18.3. The standard InChI is InChI=1S/C67H50N2/c1-3-47-23-27-49(28-24-47)45-67(46-50-29-25-48(4-2)26-30-50)63-43-57(39-41-59(63)60-42-40-58(44-64(60)67)69-65-21-13-11-19-61(65)62-20-12-14-22-66(62)69)68(55-35-31-53(32-36-55)51-15-7-5-8-16-51)56-37-33-54(34-38-56)52-17-9-6-10-18-52/h3-44H,1-2,45-46H2. The molecule has 2 heteroatoms. The van der Waals surface area contributed by atoms with Crippen LogP contribution in [-0.4, -0.2) is 4.57 Å². The highest BCUT2D eigenvalue weighted by atomic mass is 15.1. The fourth-order valence-corrected chi connectivity index (χ4v) is 10.9. The third kappa shape index (κ3) is 7.48. The predicted octanol–water partition coefficient (Wildman–Crippen LogP) is 17.6. The molecule has 0 saturated heterocycles. The Morgan fingerprint density at radius 3 is 1.26 bits per heavy atom. The molecule has 1 aliphatic rings. The molecule has 0 atom stereocenters. The SMILES string of the molecule is C=Cc1ccc(CC2(Cc3ccc(C=C)cc3)c3cc(N(c4ccc(-c5ccccc5)cc4)c4ccc(-c5ccccc5)cc4)ccc3-c3ccc(-n4c5ccccc5c5ccccc54)cc32)cc1. The molecule has 0 fully saturated rings. The largest absolute Gasteiger partial charge is 0.310 e. The van der Waals surface area contributed by atoms with Crippen LogP contribution < -0.4 is 4.90 Å². The summed E-state index contributed by atoms with van der Waals surface area (Å²) in [6.07, 6.45) is 5.45. The Labute approximate surface area is 405 Å². The summed E-state index contributed by atoms with van der Waals surface area (Å²) in [4.78, 5) is 2.43. The quantitative estimate of drug-likeness (QED) is 0.119. The molecular weight excluding hydrogens is 833 g/mol. The number of fused-ring (bicyclic) bond motifs is 6. The third-order valence-electron chi connectivity index (χ3n) is 14.3. The summed E-state index contributed by atoms with van der Waals surface area (Å²) in [7, 11) is 0. The van der Waals surface area contributed by atoms with Crippen molar-refractivity contribution in [3.05, 3.63) is 289 Å². The van der Waals surface area contributed by atoms with Crippen LogP contribution in [0, 0.1) is 0 Å². The van der Waals surface area contributed by atoms with Gasteiger partial charge in [0, 0.05) is 38.9 Å². The minimum absolute atomic E-state index is 0.457. The average Bonchev–Trinajstić information content (AvgIpc) is 3.89. The first kappa shape index (κ1) is 41.7. The molecule has 1 aliphatic carbocycles. The number of benzene rings is 10. The van der Waals surface area contributed by atoms with Gasteiger partial charge in [-0.25, -0.2) is 0 Å². The van der Waals surface area contributed by atoms with Crippen LogP contribution in [0.5, 0.6) is 0 Å². The number of para-hydroxylation sites is 2. The molecule has 12 rings (SSSR count). The molecule has 0 N–H and O–H groups in total. The monoisotopic (exact) mass is 882 g/mol. The van der Waals surface area contributed by atoms with E-state index in [9.17, 15) is 0 Å².